The predicted molar refractivity (Wildman–Crippen MR) is 129 cm³/mol. The molecule has 8 heteroatoms. The second-order valence-electron chi connectivity index (χ2n) is 8.07. The molecule has 1 aromatic carbocycles. The molecule has 0 bridgehead atoms. The normalized spacial score (nSPS) is 21.0. The number of nitrogens with zero attached hydrogens (tertiary/aromatic N) is 3. The molecule has 1 atom stereocenters. The standard InChI is InChI=1S/C24H32N4O3S/c1-30-21-5-2-4-19(16-21)17-23(29)28(11-3-10-27-12-14-31-15-13-27)24-26-22(18-32-24)20-6-8-25-9-7-20/h2,4-8,16,22,25H,3,9-15,17-18H2,1H3. The fourth-order valence-corrected chi connectivity index (χ4v) is 5.18. The molecule has 7 nitrogen and oxygen atoms in total. The molecule has 1 fully saturated rings. The maximum Gasteiger partial charge on any atom is 0.232 e. The van der Waals surface area contributed by atoms with Gasteiger partial charge in [0.25, 0.3) is 0 Å². The van der Waals surface area contributed by atoms with Crippen molar-refractivity contribution < 1.29 is 14.3 Å². The zero-order chi connectivity index (χ0) is 22.2. The number of amidine groups is 1. The number of amides is 1. The van der Waals surface area contributed by atoms with E-state index >= 15 is 0 Å². The molecule has 1 unspecified atom stereocenters. The molecule has 0 spiro atoms. The predicted octanol–water partition coefficient (Wildman–Crippen LogP) is 2.30. The highest BCUT2D eigenvalue weighted by Gasteiger charge is 2.28. The fraction of sp³-hybridized carbons (Fsp3) is 0.500. The summed E-state index contributed by atoms with van der Waals surface area (Å²) in [7, 11) is 1.65. The van der Waals surface area contributed by atoms with Crippen LogP contribution in [0.5, 0.6) is 5.75 Å². The smallest absolute Gasteiger partial charge is 0.232 e. The van der Waals surface area contributed by atoms with Crippen molar-refractivity contribution in [1.82, 2.24) is 15.1 Å². The molecule has 0 aromatic heterocycles. The molecule has 0 saturated carbocycles. The van der Waals surface area contributed by atoms with Crippen LogP contribution in [0.1, 0.15) is 12.0 Å². The van der Waals surface area contributed by atoms with Crippen molar-refractivity contribution in [3.8, 4) is 5.75 Å². The molecular weight excluding hydrogens is 424 g/mol. The number of carbonyl (C=O) groups excluding carboxylic acids is 1. The second kappa shape index (κ2) is 11.5. The Morgan fingerprint density at radius 1 is 1.38 bits per heavy atom. The Morgan fingerprint density at radius 2 is 2.25 bits per heavy atom. The van der Waals surface area contributed by atoms with Crippen LogP contribution < -0.4 is 10.1 Å². The Morgan fingerprint density at radius 3 is 3.03 bits per heavy atom. The van der Waals surface area contributed by atoms with E-state index < -0.39 is 0 Å². The summed E-state index contributed by atoms with van der Waals surface area (Å²) in [5.41, 5.74) is 2.18. The van der Waals surface area contributed by atoms with Gasteiger partial charge >= 0.3 is 0 Å². The zero-order valence-electron chi connectivity index (χ0n) is 18.7. The van der Waals surface area contributed by atoms with Crippen molar-refractivity contribution in [2.24, 2.45) is 4.99 Å². The number of ether oxygens (including phenoxy) is 2. The number of morpholine rings is 1. The Labute approximate surface area is 194 Å². The van der Waals surface area contributed by atoms with Gasteiger partial charge in [-0.1, -0.05) is 30.0 Å². The number of hydrogen-bond acceptors (Lipinski definition) is 7. The van der Waals surface area contributed by atoms with Gasteiger partial charge in [0.1, 0.15) is 5.75 Å². The number of methoxy groups -OCH3 is 1. The summed E-state index contributed by atoms with van der Waals surface area (Å²) in [4.78, 5) is 22.6. The van der Waals surface area contributed by atoms with Crippen LogP contribution in [0.3, 0.4) is 0 Å². The summed E-state index contributed by atoms with van der Waals surface area (Å²) in [5.74, 6) is 1.73. The second-order valence-corrected chi connectivity index (χ2v) is 9.05. The molecule has 1 aromatic rings. The third-order valence-electron chi connectivity index (χ3n) is 5.85. The van der Waals surface area contributed by atoms with E-state index in [-0.39, 0.29) is 11.9 Å². The molecule has 1 N–H and O–H groups in total. The monoisotopic (exact) mass is 456 g/mol. The van der Waals surface area contributed by atoms with E-state index in [1.165, 1.54) is 5.57 Å². The third-order valence-corrected chi connectivity index (χ3v) is 6.92. The van der Waals surface area contributed by atoms with Gasteiger partial charge in [-0.15, -0.1) is 0 Å². The quantitative estimate of drug-likeness (QED) is 0.648. The molecule has 3 aliphatic rings. The van der Waals surface area contributed by atoms with E-state index in [9.17, 15) is 4.79 Å². The van der Waals surface area contributed by atoms with Crippen LogP contribution in [0, 0.1) is 0 Å². The number of benzene rings is 1. The maximum atomic E-state index is 13.4. The SMILES string of the molecule is COc1cccc(CC(=O)N(CCCN2CCOCC2)C2=NC(C3=CCNC=C3)CS2)c1. The lowest BCUT2D eigenvalue weighted by atomic mass is 10.1. The summed E-state index contributed by atoms with van der Waals surface area (Å²) in [6.45, 7) is 5.98. The summed E-state index contributed by atoms with van der Waals surface area (Å²) >= 11 is 1.69. The minimum absolute atomic E-state index is 0.0852. The molecule has 172 valence electrons. The first-order valence-electron chi connectivity index (χ1n) is 11.3. The lowest BCUT2D eigenvalue weighted by Crippen LogP contribution is -2.40. The minimum atomic E-state index is 0.0852. The van der Waals surface area contributed by atoms with Gasteiger partial charge in [-0.2, -0.15) is 0 Å². The third kappa shape index (κ3) is 6.15. The number of rotatable bonds is 8. The van der Waals surface area contributed by atoms with Crippen molar-refractivity contribution >= 4 is 22.8 Å². The van der Waals surface area contributed by atoms with Gasteiger partial charge < -0.3 is 14.8 Å². The van der Waals surface area contributed by atoms with E-state index in [0.717, 1.165) is 68.0 Å². The maximum absolute atomic E-state index is 13.4. The number of aliphatic imine (C=N–C) groups is 1. The average molecular weight is 457 g/mol. The van der Waals surface area contributed by atoms with E-state index in [0.29, 0.717) is 13.0 Å². The van der Waals surface area contributed by atoms with E-state index in [1.54, 1.807) is 18.9 Å². The van der Waals surface area contributed by atoms with Crippen LogP contribution >= 0.6 is 11.8 Å². The summed E-state index contributed by atoms with van der Waals surface area (Å²) in [6, 6.07) is 7.85. The van der Waals surface area contributed by atoms with Crippen molar-refractivity contribution in [3.63, 3.8) is 0 Å². The first-order valence-corrected chi connectivity index (χ1v) is 12.3. The topological polar surface area (TPSA) is 66.4 Å². The van der Waals surface area contributed by atoms with E-state index in [4.69, 9.17) is 14.5 Å². The lowest BCUT2D eigenvalue weighted by Gasteiger charge is -2.28. The number of dihydropyridines is 1. The van der Waals surface area contributed by atoms with E-state index in [1.807, 2.05) is 35.4 Å². The molecule has 3 heterocycles. The van der Waals surface area contributed by atoms with Crippen LogP contribution in [0.15, 0.2) is 53.2 Å². The highest BCUT2D eigenvalue weighted by Crippen LogP contribution is 2.27. The van der Waals surface area contributed by atoms with Gasteiger partial charge in [-0.25, -0.2) is 0 Å². The first kappa shape index (κ1) is 22.9. The summed E-state index contributed by atoms with van der Waals surface area (Å²) < 4.78 is 10.8. The lowest BCUT2D eigenvalue weighted by molar-refractivity contribution is -0.126. The number of nitrogens with one attached hydrogen (secondary N) is 1. The van der Waals surface area contributed by atoms with Gasteiger partial charge in [0.15, 0.2) is 5.17 Å². The average Bonchev–Trinajstić information content (AvgIpc) is 3.33. The van der Waals surface area contributed by atoms with Crippen molar-refractivity contribution in [2.75, 3.05) is 58.8 Å². The van der Waals surface area contributed by atoms with Crippen LogP contribution in [0.25, 0.3) is 0 Å². The number of carbonyl (C=O) groups is 1. The molecule has 1 saturated heterocycles. The Balaban J connectivity index is 1.44. The van der Waals surface area contributed by atoms with Gasteiger partial charge in [0.2, 0.25) is 5.91 Å². The first-order chi connectivity index (χ1) is 15.7. The Kier molecular flexibility index (Phi) is 8.25. The summed E-state index contributed by atoms with van der Waals surface area (Å²) in [5, 5.41) is 4.03. The molecule has 0 radical (unpaired) electrons. The minimum Gasteiger partial charge on any atom is -0.497 e. The molecule has 4 rings (SSSR count). The van der Waals surface area contributed by atoms with Crippen molar-refractivity contribution in [2.45, 2.75) is 18.9 Å². The van der Waals surface area contributed by atoms with Crippen molar-refractivity contribution in [1.29, 1.82) is 0 Å². The van der Waals surface area contributed by atoms with Crippen LogP contribution in [0.4, 0.5) is 0 Å². The van der Waals surface area contributed by atoms with Gasteiger partial charge in [-0.05, 0) is 42.0 Å². The molecule has 3 aliphatic heterocycles. The highest BCUT2D eigenvalue weighted by atomic mass is 32.2. The Bertz CT molecular complexity index is 880. The highest BCUT2D eigenvalue weighted by molar-refractivity contribution is 8.14. The molecule has 32 heavy (non-hydrogen) atoms. The van der Waals surface area contributed by atoms with Gasteiger partial charge in [-0.3, -0.25) is 19.6 Å². The summed E-state index contributed by atoms with van der Waals surface area (Å²) in [6.07, 6.45) is 7.49. The molecular formula is C24H32N4O3S. The van der Waals surface area contributed by atoms with Crippen LogP contribution in [-0.2, 0) is 16.0 Å². The number of thioether (sulfide) groups is 1. The fourth-order valence-electron chi connectivity index (χ4n) is 4.05. The molecule has 1 amide bonds. The molecule has 0 aliphatic carbocycles. The van der Waals surface area contributed by atoms with E-state index in [2.05, 4.69) is 22.4 Å². The zero-order valence-corrected chi connectivity index (χ0v) is 19.5. The van der Waals surface area contributed by atoms with Crippen LogP contribution in [0.2, 0.25) is 0 Å². The largest absolute Gasteiger partial charge is 0.497 e. The van der Waals surface area contributed by atoms with Gasteiger partial charge in [0, 0.05) is 38.5 Å². The van der Waals surface area contributed by atoms with Gasteiger partial charge in [0.05, 0.1) is 32.8 Å². The number of hydrogen-bond donors (Lipinski definition) is 1. The van der Waals surface area contributed by atoms with Crippen molar-refractivity contribution in [3.05, 3.63) is 53.8 Å². The van der Waals surface area contributed by atoms with Crippen LogP contribution in [-0.4, -0.2) is 85.7 Å². The Hall–Kier alpha value is -2.29.